The number of hydrogen-bond acceptors (Lipinski definition) is 4. The number of anilines is 1. The second-order valence-electron chi connectivity index (χ2n) is 6.04. The first-order valence-electron chi connectivity index (χ1n) is 6.25. The predicted octanol–water partition coefficient (Wildman–Crippen LogP) is 1.75. The van der Waals surface area contributed by atoms with Gasteiger partial charge in [0.2, 0.25) is 5.95 Å². The topological polar surface area (TPSA) is 38.2 Å². The van der Waals surface area contributed by atoms with Crippen LogP contribution in [0.5, 0.6) is 0 Å². The van der Waals surface area contributed by atoms with Crippen molar-refractivity contribution < 1.29 is 4.74 Å². The molecule has 0 spiro atoms. The third kappa shape index (κ3) is 2.02. The fourth-order valence-electron chi connectivity index (χ4n) is 2.39. The maximum absolute atomic E-state index is 5.61. The molecule has 0 amide bonds. The highest BCUT2D eigenvalue weighted by atomic mass is 16.5. The molecule has 92 valence electrons. The second kappa shape index (κ2) is 3.67. The van der Waals surface area contributed by atoms with E-state index in [-0.39, 0.29) is 5.41 Å². The van der Waals surface area contributed by atoms with Crippen molar-refractivity contribution in [3.05, 3.63) is 18.0 Å². The molecule has 4 nitrogen and oxygen atoms in total. The van der Waals surface area contributed by atoms with Crippen molar-refractivity contribution in [3.63, 3.8) is 0 Å². The average Bonchev–Trinajstić information content (AvgIpc) is 2.27. The van der Waals surface area contributed by atoms with Gasteiger partial charge in [-0.05, 0) is 11.0 Å². The van der Waals surface area contributed by atoms with Crippen molar-refractivity contribution in [2.24, 2.45) is 0 Å². The van der Waals surface area contributed by atoms with Gasteiger partial charge in [-0.2, -0.15) is 0 Å². The molecule has 0 aliphatic carbocycles. The zero-order valence-electron chi connectivity index (χ0n) is 10.7. The molecule has 2 bridgehead atoms. The summed E-state index contributed by atoms with van der Waals surface area (Å²) in [7, 11) is 0. The maximum atomic E-state index is 5.61. The minimum atomic E-state index is 0.117. The van der Waals surface area contributed by atoms with E-state index in [1.807, 2.05) is 12.4 Å². The van der Waals surface area contributed by atoms with Crippen LogP contribution in [0.3, 0.4) is 0 Å². The number of fused-ring (bicyclic) bond motifs is 2. The number of aromatic nitrogens is 2. The second-order valence-corrected chi connectivity index (χ2v) is 6.04. The van der Waals surface area contributed by atoms with Crippen molar-refractivity contribution in [2.75, 3.05) is 18.0 Å². The average molecular weight is 233 g/mol. The van der Waals surface area contributed by atoms with Gasteiger partial charge in [0.25, 0.3) is 0 Å². The van der Waals surface area contributed by atoms with E-state index in [4.69, 9.17) is 4.74 Å². The van der Waals surface area contributed by atoms with Crippen molar-refractivity contribution in [1.82, 2.24) is 9.97 Å². The lowest BCUT2D eigenvalue weighted by molar-refractivity contribution is -0.133. The van der Waals surface area contributed by atoms with E-state index in [1.54, 1.807) is 0 Å². The van der Waals surface area contributed by atoms with Crippen LogP contribution in [0.1, 0.15) is 32.8 Å². The Balaban J connectivity index is 1.76. The number of nitrogens with zero attached hydrogens (tertiary/aromatic N) is 3. The maximum Gasteiger partial charge on any atom is 0.225 e. The Kier molecular flexibility index (Phi) is 2.36. The lowest BCUT2D eigenvalue weighted by atomic mass is 9.89. The molecule has 4 heteroatoms. The SMILES string of the molecule is CC(C)(C)c1cnc(N2CC3CC(C2)O3)nc1. The Morgan fingerprint density at radius 1 is 1.18 bits per heavy atom. The summed E-state index contributed by atoms with van der Waals surface area (Å²) >= 11 is 0. The van der Waals surface area contributed by atoms with E-state index in [0.717, 1.165) is 19.0 Å². The van der Waals surface area contributed by atoms with Crippen LogP contribution < -0.4 is 4.90 Å². The van der Waals surface area contributed by atoms with Crippen LogP contribution in [0.4, 0.5) is 5.95 Å². The van der Waals surface area contributed by atoms with Gasteiger partial charge < -0.3 is 9.64 Å². The number of hydrogen-bond donors (Lipinski definition) is 0. The van der Waals surface area contributed by atoms with Gasteiger partial charge in [0.1, 0.15) is 0 Å². The first-order valence-corrected chi connectivity index (χ1v) is 6.25. The van der Waals surface area contributed by atoms with Gasteiger partial charge >= 0.3 is 0 Å². The minimum Gasteiger partial charge on any atom is -0.371 e. The van der Waals surface area contributed by atoms with Crippen LogP contribution in [-0.2, 0) is 10.2 Å². The van der Waals surface area contributed by atoms with Crippen molar-refractivity contribution >= 4 is 5.95 Å². The van der Waals surface area contributed by atoms with Crippen LogP contribution in [0.15, 0.2) is 12.4 Å². The highest BCUT2D eigenvalue weighted by Crippen LogP contribution is 2.30. The number of morpholine rings is 1. The summed E-state index contributed by atoms with van der Waals surface area (Å²) < 4.78 is 5.61. The fourth-order valence-corrected chi connectivity index (χ4v) is 2.39. The minimum absolute atomic E-state index is 0.117. The normalized spacial score (nSPS) is 27.8. The van der Waals surface area contributed by atoms with E-state index in [9.17, 15) is 0 Å². The largest absolute Gasteiger partial charge is 0.371 e. The fraction of sp³-hybridized carbons (Fsp3) is 0.692. The number of rotatable bonds is 1. The summed E-state index contributed by atoms with van der Waals surface area (Å²) in [6.45, 7) is 8.40. The molecule has 3 aliphatic heterocycles. The molecular formula is C13H19N3O. The molecule has 0 radical (unpaired) electrons. The monoisotopic (exact) mass is 233 g/mol. The highest BCUT2D eigenvalue weighted by Gasteiger charge is 2.39. The standard InChI is InChI=1S/C13H19N3O/c1-13(2,3)9-5-14-12(15-6-9)16-7-10-4-11(8-16)17-10/h5-6,10-11H,4,7-8H2,1-3H3. The Morgan fingerprint density at radius 3 is 2.18 bits per heavy atom. The molecule has 3 aliphatic rings. The van der Waals surface area contributed by atoms with Crippen LogP contribution in [0.2, 0.25) is 0 Å². The summed E-state index contributed by atoms with van der Waals surface area (Å²) in [5, 5.41) is 0. The molecule has 0 aromatic carbocycles. The quantitative estimate of drug-likeness (QED) is 0.740. The molecule has 4 heterocycles. The van der Waals surface area contributed by atoms with Gasteiger partial charge in [-0.1, -0.05) is 20.8 Å². The lowest BCUT2D eigenvalue weighted by Gasteiger charge is -2.46. The number of piperidine rings is 1. The van der Waals surface area contributed by atoms with Gasteiger partial charge in [-0.15, -0.1) is 0 Å². The molecule has 2 atom stereocenters. The van der Waals surface area contributed by atoms with Crippen molar-refractivity contribution in [3.8, 4) is 0 Å². The molecule has 17 heavy (non-hydrogen) atoms. The Morgan fingerprint density at radius 2 is 1.71 bits per heavy atom. The van der Waals surface area contributed by atoms with Crippen molar-refractivity contribution in [1.29, 1.82) is 0 Å². The van der Waals surface area contributed by atoms with E-state index < -0.39 is 0 Å². The molecule has 0 saturated carbocycles. The van der Waals surface area contributed by atoms with Gasteiger partial charge in [-0.3, -0.25) is 0 Å². The van der Waals surface area contributed by atoms with Crippen molar-refractivity contribution in [2.45, 2.75) is 44.8 Å². The first-order chi connectivity index (χ1) is 8.02. The molecular weight excluding hydrogens is 214 g/mol. The van der Waals surface area contributed by atoms with E-state index in [0.29, 0.717) is 12.2 Å². The summed E-state index contributed by atoms with van der Waals surface area (Å²) in [4.78, 5) is 11.2. The van der Waals surface area contributed by atoms with Crippen LogP contribution in [0, 0.1) is 0 Å². The Labute approximate surface area is 102 Å². The Hall–Kier alpha value is -1.16. The zero-order chi connectivity index (χ0) is 12.0. The summed E-state index contributed by atoms with van der Waals surface area (Å²) in [6.07, 6.45) is 5.91. The van der Waals surface area contributed by atoms with E-state index in [1.165, 1.54) is 12.0 Å². The van der Waals surface area contributed by atoms with Crippen LogP contribution in [0.25, 0.3) is 0 Å². The molecule has 4 rings (SSSR count). The van der Waals surface area contributed by atoms with Gasteiger partial charge in [0.15, 0.2) is 0 Å². The van der Waals surface area contributed by atoms with E-state index >= 15 is 0 Å². The number of ether oxygens (including phenoxy) is 1. The molecule has 3 saturated heterocycles. The molecule has 3 fully saturated rings. The van der Waals surface area contributed by atoms with Gasteiger partial charge in [-0.25, -0.2) is 9.97 Å². The Bertz CT molecular complexity index is 394. The first kappa shape index (κ1) is 11.0. The van der Waals surface area contributed by atoms with E-state index in [2.05, 4.69) is 35.6 Å². The van der Waals surface area contributed by atoms with Crippen LogP contribution >= 0.6 is 0 Å². The molecule has 2 unspecified atom stereocenters. The predicted molar refractivity (Wildman–Crippen MR) is 66.2 cm³/mol. The zero-order valence-corrected chi connectivity index (χ0v) is 10.7. The smallest absolute Gasteiger partial charge is 0.225 e. The summed E-state index contributed by atoms with van der Waals surface area (Å²) in [5.41, 5.74) is 1.30. The van der Waals surface area contributed by atoms with Gasteiger partial charge in [0.05, 0.1) is 12.2 Å². The third-order valence-corrected chi connectivity index (χ3v) is 3.55. The lowest BCUT2D eigenvalue weighted by Crippen LogP contribution is -2.57. The summed E-state index contributed by atoms with van der Waals surface area (Å²) in [5.74, 6) is 0.844. The third-order valence-electron chi connectivity index (χ3n) is 3.55. The van der Waals surface area contributed by atoms with Crippen LogP contribution in [-0.4, -0.2) is 35.3 Å². The highest BCUT2D eigenvalue weighted by molar-refractivity contribution is 5.33. The van der Waals surface area contributed by atoms with Gasteiger partial charge in [0, 0.05) is 31.9 Å². The molecule has 1 aromatic heterocycles. The summed E-state index contributed by atoms with van der Waals surface area (Å²) in [6, 6.07) is 0. The molecule has 1 aromatic rings. The molecule has 0 N–H and O–H groups in total.